The first-order valence-corrected chi connectivity index (χ1v) is 22.0. The van der Waals surface area contributed by atoms with Gasteiger partial charge in [0.15, 0.2) is 37.5 Å². The van der Waals surface area contributed by atoms with Crippen LogP contribution >= 0.6 is 7.14 Å². The van der Waals surface area contributed by atoms with Gasteiger partial charge in [0.1, 0.15) is 29.7 Å². The molecule has 4 aromatic carbocycles. The van der Waals surface area contributed by atoms with Gasteiger partial charge in [0.05, 0.1) is 25.4 Å². The molecule has 0 radical (unpaired) electrons. The average Bonchev–Trinajstić information content (AvgIpc) is 3.76. The molecule has 1 unspecified atom stereocenters. The number of allylic oxidation sites excluding steroid dienone is 5. The molecule has 2 fully saturated rings. The summed E-state index contributed by atoms with van der Waals surface area (Å²) in [5.74, 6) is -9.39. The Bertz CT molecular complexity index is 3180. The van der Waals surface area contributed by atoms with Crippen LogP contribution in [0.2, 0.25) is 0 Å². The number of hydrogen-bond acceptors (Lipinski definition) is 10. The van der Waals surface area contributed by atoms with E-state index in [1.165, 1.54) is 30.6 Å². The van der Waals surface area contributed by atoms with Crippen LogP contribution in [0.15, 0.2) is 108 Å². The number of aromatic nitrogens is 4. The SMILES string of the molecule is Nc1nc(OCc2ccc(CNC(=O)c3c(F)c(F)c(C(=O)[O-])c(C4=C5C=CC(=[N+]6CC(F)C6)C=C5P(=O)(c5ccccc5)c5cc(N6CC(F)C6)ccc54)c3F)cc2)c2[nH]cnc2n1. The van der Waals surface area contributed by atoms with Crippen molar-refractivity contribution in [1.82, 2.24) is 25.3 Å². The Labute approximate surface area is 365 Å². The van der Waals surface area contributed by atoms with Crippen molar-refractivity contribution in [2.24, 2.45) is 0 Å². The number of nitrogens with zero attached hydrogens (tertiary/aromatic N) is 5. The fourth-order valence-corrected chi connectivity index (χ4v) is 11.6. The lowest BCUT2D eigenvalue weighted by Crippen LogP contribution is -2.48. The van der Waals surface area contributed by atoms with Gasteiger partial charge < -0.3 is 40.1 Å². The summed E-state index contributed by atoms with van der Waals surface area (Å²) in [7, 11) is -4.04. The topological polar surface area (TPSA) is 182 Å². The van der Waals surface area contributed by atoms with E-state index in [1.807, 2.05) is 0 Å². The maximum atomic E-state index is 17.4. The summed E-state index contributed by atoms with van der Waals surface area (Å²) < 4.78 is 102. The maximum absolute atomic E-state index is 17.4. The van der Waals surface area contributed by atoms with Gasteiger partial charge in [-0.2, -0.15) is 9.97 Å². The lowest BCUT2D eigenvalue weighted by atomic mass is 9.85. The maximum Gasteiger partial charge on any atom is 0.257 e. The van der Waals surface area contributed by atoms with Crippen LogP contribution in [0.3, 0.4) is 0 Å². The highest BCUT2D eigenvalue weighted by Gasteiger charge is 2.46. The second kappa shape index (κ2) is 16.0. The molecule has 1 aliphatic carbocycles. The third-order valence-electron chi connectivity index (χ3n) is 11.8. The number of halogens is 5. The molecule has 10 rings (SSSR count). The van der Waals surface area contributed by atoms with Crippen LogP contribution in [-0.4, -0.2) is 80.6 Å². The van der Waals surface area contributed by atoms with Crippen molar-refractivity contribution in [2.75, 3.05) is 36.8 Å². The number of benzene rings is 4. The van der Waals surface area contributed by atoms with Gasteiger partial charge in [-0.05, 0) is 40.5 Å². The van der Waals surface area contributed by atoms with E-state index >= 15 is 17.7 Å². The van der Waals surface area contributed by atoms with Crippen molar-refractivity contribution < 1.29 is 50.5 Å². The number of rotatable bonds is 10. The molecule has 13 nitrogen and oxygen atoms in total. The van der Waals surface area contributed by atoms with Crippen LogP contribution in [0.25, 0.3) is 16.7 Å². The minimum Gasteiger partial charge on any atom is -0.545 e. The summed E-state index contributed by atoms with van der Waals surface area (Å²) in [5.41, 5.74) is 4.30. The predicted molar refractivity (Wildman–Crippen MR) is 229 cm³/mol. The number of aromatic carboxylic acids is 1. The number of anilines is 2. The second-order valence-electron chi connectivity index (χ2n) is 15.9. The number of carboxylic acid groups (broad SMARTS) is 1. The number of nitrogens with one attached hydrogen (secondary N) is 2. The number of amides is 1. The fourth-order valence-electron chi connectivity index (χ4n) is 8.50. The number of H-pyrrole nitrogens is 1. The molecule has 2 aromatic heterocycles. The Morgan fingerprint density at radius 1 is 0.923 bits per heavy atom. The summed E-state index contributed by atoms with van der Waals surface area (Å²) in [4.78, 5) is 43.4. The van der Waals surface area contributed by atoms with Gasteiger partial charge in [-0.25, -0.2) is 31.5 Å². The van der Waals surface area contributed by atoms with Gasteiger partial charge in [-0.15, -0.1) is 0 Å². The fraction of sp³-hybridized carbons (Fsp3) is 0.174. The van der Waals surface area contributed by atoms with Gasteiger partial charge in [-0.1, -0.05) is 60.7 Å². The molecule has 5 heterocycles. The number of ether oxygens (including phenoxy) is 1. The molecule has 4 N–H and O–H groups in total. The highest BCUT2D eigenvalue weighted by atomic mass is 31.2. The number of hydrogen-bond donors (Lipinski definition) is 3. The van der Waals surface area contributed by atoms with E-state index in [2.05, 4.69) is 25.3 Å². The Kier molecular flexibility index (Phi) is 10.2. The van der Waals surface area contributed by atoms with E-state index < -0.39 is 65.5 Å². The largest absolute Gasteiger partial charge is 0.545 e. The Hall–Kier alpha value is -7.46. The minimum atomic E-state index is -4.04. The van der Waals surface area contributed by atoms with Crippen LogP contribution in [-0.2, 0) is 17.7 Å². The van der Waals surface area contributed by atoms with E-state index in [1.54, 1.807) is 76.2 Å². The Balaban J connectivity index is 1.05. The van der Waals surface area contributed by atoms with Crippen molar-refractivity contribution in [1.29, 1.82) is 0 Å². The molecule has 0 bridgehead atoms. The van der Waals surface area contributed by atoms with Gasteiger partial charge >= 0.3 is 0 Å². The number of alkyl halides is 2. The summed E-state index contributed by atoms with van der Waals surface area (Å²) in [5, 5.41) is 15.7. The number of fused-ring (bicyclic) bond motifs is 3. The Morgan fingerprint density at radius 2 is 1.65 bits per heavy atom. The molecule has 328 valence electrons. The number of aromatic amines is 1. The van der Waals surface area contributed by atoms with Crippen molar-refractivity contribution in [3.05, 3.63) is 159 Å². The van der Waals surface area contributed by atoms with Crippen molar-refractivity contribution >= 4 is 63.7 Å². The van der Waals surface area contributed by atoms with Crippen LogP contribution in [0.1, 0.15) is 43.0 Å². The molecule has 65 heavy (non-hydrogen) atoms. The van der Waals surface area contributed by atoms with E-state index in [0.29, 0.717) is 39.0 Å². The van der Waals surface area contributed by atoms with Gasteiger partial charge in [0.25, 0.3) is 5.91 Å². The quantitative estimate of drug-likeness (QED) is 0.0750. The summed E-state index contributed by atoms with van der Waals surface area (Å²) in [6.07, 6.45) is 3.70. The van der Waals surface area contributed by atoms with E-state index in [-0.39, 0.29) is 78.5 Å². The van der Waals surface area contributed by atoms with Crippen LogP contribution in [0, 0.1) is 17.5 Å². The zero-order valence-corrected chi connectivity index (χ0v) is 34.7. The molecule has 2 saturated heterocycles. The summed E-state index contributed by atoms with van der Waals surface area (Å²) in [6.45, 7) is -0.124. The van der Waals surface area contributed by atoms with Crippen LogP contribution in [0.4, 0.5) is 33.6 Å². The van der Waals surface area contributed by atoms with Crippen LogP contribution < -0.4 is 36.4 Å². The summed E-state index contributed by atoms with van der Waals surface area (Å²) in [6, 6.07) is 19.4. The third-order valence-corrected chi connectivity index (χ3v) is 14.9. The van der Waals surface area contributed by atoms with Crippen molar-refractivity contribution in [3.8, 4) is 5.88 Å². The molecule has 4 aliphatic rings. The average molecular weight is 905 g/mol. The smallest absolute Gasteiger partial charge is 0.257 e. The minimum absolute atomic E-state index is 0.00808. The predicted octanol–water partition coefficient (Wildman–Crippen LogP) is 4.77. The zero-order valence-electron chi connectivity index (χ0n) is 33.8. The van der Waals surface area contributed by atoms with Gasteiger partial charge in [0.2, 0.25) is 23.7 Å². The van der Waals surface area contributed by atoms with Crippen molar-refractivity contribution in [3.63, 3.8) is 0 Å². The first kappa shape index (κ1) is 41.5. The van der Waals surface area contributed by atoms with Crippen LogP contribution in [0.5, 0.6) is 5.88 Å². The summed E-state index contributed by atoms with van der Waals surface area (Å²) >= 11 is 0. The zero-order chi connectivity index (χ0) is 45.3. The van der Waals surface area contributed by atoms with E-state index in [9.17, 15) is 23.5 Å². The lowest BCUT2D eigenvalue weighted by molar-refractivity contribution is -0.599. The monoisotopic (exact) mass is 904 g/mol. The second-order valence-corrected chi connectivity index (χ2v) is 18.6. The number of carbonyl (C=O) groups excluding carboxylic acids is 2. The molecule has 3 aliphatic heterocycles. The lowest BCUT2D eigenvalue weighted by Gasteiger charge is -2.39. The third kappa shape index (κ3) is 7.04. The molecule has 1 amide bonds. The Morgan fingerprint density at radius 3 is 2.35 bits per heavy atom. The standard InChI is InChI=1S/C46H34F5N8O5P/c47-25-17-58(18-25)27-10-12-30-32(14-27)65(63,29-4-2-1-3-5-29)33-15-28(59-19-26(48)20-59)11-13-31(33)34(30)35-36(45(61)62)39(50)40(51)37(38(35)49)43(60)53-16-23-6-8-24(9-7-23)21-64-44-41-42(55-22-54-41)56-46(52)57-44/h1-15,22,25-26,52H,16-21H2,(H3,53,60,61,62,63). The normalized spacial score (nSPS) is 19.1. The highest BCUT2D eigenvalue weighted by molar-refractivity contribution is 7.83. The van der Waals surface area contributed by atoms with Gasteiger partial charge in [0, 0.05) is 57.0 Å². The van der Waals surface area contributed by atoms with Gasteiger partial charge in [-0.3, -0.25) is 4.79 Å². The first-order chi connectivity index (χ1) is 31.3. The number of imidazole rings is 1. The first-order valence-electron chi connectivity index (χ1n) is 20.3. The van der Waals surface area contributed by atoms with E-state index in [4.69, 9.17) is 10.5 Å². The molecule has 0 spiro atoms. The molecular weight excluding hydrogens is 871 g/mol. The molecule has 6 aromatic rings. The van der Waals surface area contributed by atoms with Crippen molar-refractivity contribution in [2.45, 2.75) is 25.5 Å². The number of carbonyl (C=O) groups is 2. The molecule has 19 heteroatoms. The molecule has 0 saturated carbocycles. The highest BCUT2D eigenvalue weighted by Crippen LogP contribution is 2.62. The number of nitrogens with two attached hydrogens (primary N) is 1. The van der Waals surface area contributed by atoms with E-state index in [0.717, 1.165) is 0 Å². The number of carboxylic acids is 1. The molecule has 1 atom stereocenters. The molecular formula is C46H34F5N8O5P. The number of nitrogen functional groups attached to an aromatic ring is 1.